The first-order valence-electron chi connectivity index (χ1n) is 25.9. The van der Waals surface area contributed by atoms with E-state index in [-0.39, 0.29) is 12.8 Å². The molecule has 5 N–H and O–H groups in total. The van der Waals surface area contributed by atoms with Crippen molar-refractivity contribution in [2.45, 2.75) is 199 Å². The molecule has 15 nitrogen and oxygen atoms in total. The molecular formula is C53H92O15P2. The Morgan fingerprint density at radius 1 is 0.386 bits per heavy atom. The number of hydrogen-bond donors (Lipinski definition) is 5. The van der Waals surface area contributed by atoms with E-state index in [9.17, 15) is 43.8 Å². The third-order valence-electron chi connectivity index (χ3n) is 10.3. The Kier molecular flexibility index (Phi) is 46.6. The van der Waals surface area contributed by atoms with Crippen LogP contribution >= 0.6 is 15.6 Å². The van der Waals surface area contributed by atoms with Crippen molar-refractivity contribution in [2.75, 3.05) is 39.6 Å². The van der Waals surface area contributed by atoms with Crippen molar-refractivity contribution in [3.05, 3.63) is 85.1 Å². The molecule has 0 radical (unpaired) electrons. The summed E-state index contributed by atoms with van der Waals surface area (Å²) < 4.78 is 53.0. The minimum atomic E-state index is -4.81. The minimum absolute atomic E-state index is 0.0673. The standard InChI is InChI=1S/C53H92O15P2/c1-3-5-7-9-11-13-15-17-19-21-23-25-27-29-31-33-35-37-39-41-52(57)63-43-49(54)45-65-69(59,60)67-47-51(56)48-68-70(61,62)66-46-50(55)44-64-53(58)42-40-38-36-34-32-30-28-26-24-22-20-18-16-14-12-10-8-6-4-2/h5,7,11,13,17-20,23,25,29,31,35,37,49-51,54-56H,3-4,6,8-10,12,14-16,21-22,24,26-28,30,32-34,36,38-48H2,1-2H3,(H,59,60)(H,61,62)/b7-5-,13-11-,19-17-,20-18+,25-23-,31-29-,37-35-. The van der Waals surface area contributed by atoms with Gasteiger partial charge < -0.3 is 34.6 Å². The lowest BCUT2D eigenvalue weighted by Gasteiger charge is -2.19. The monoisotopic (exact) mass is 1030 g/mol. The third-order valence-corrected chi connectivity index (χ3v) is 12.2. The number of carbonyl (C=O) groups is 2. The molecule has 0 aromatic heterocycles. The smallest absolute Gasteiger partial charge is 0.463 e. The highest BCUT2D eigenvalue weighted by Crippen LogP contribution is 2.45. The summed E-state index contributed by atoms with van der Waals surface area (Å²) in [6, 6.07) is 0. The van der Waals surface area contributed by atoms with Gasteiger partial charge in [0.25, 0.3) is 0 Å². The highest BCUT2D eigenvalue weighted by molar-refractivity contribution is 7.47. The fourth-order valence-corrected chi connectivity index (χ4v) is 7.94. The van der Waals surface area contributed by atoms with Gasteiger partial charge in [-0.1, -0.05) is 176 Å². The van der Waals surface area contributed by atoms with Crippen molar-refractivity contribution in [1.82, 2.24) is 0 Å². The molecule has 17 heteroatoms. The van der Waals surface area contributed by atoms with E-state index in [0.29, 0.717) is 19.3 Å². The summed E-state index contributed by atoms with van der Waals surface area (Å²) in [5, 5.41) is 30.1. The molecule has 0 saturated carbocycles. The summed E-state index contributed by atoms with van der Waals surface area (Å²) in [7, 11) is -9.61. The predicted molar refractivity (Wildman–Crippen MR) is 279 cm³/mol. The van der Waals surface area contributed by atoms with Gasteiger partial charge in [0.05, 0.1) is 26.4 Å². The number of phosphoric acid groups is 2. The van der Waals surface area contributed by atoms with Gasteiger partial charge in [0, 0.05) is 12.8 Å². The van der Waals surface area contributed by atoms with Crippen molar-refractivity contribution in [3.63, 3.8) is 0 Å². The van der Waals surface area contributed by atoms with Crippen LogP contribution in [-0.2, 0) is 46.3 Å². The number of aliphatic hydroxyl groups excluding tert-OH is 3. The Morgan fingerprint density at radius 3 is 1.07 bits per heavy atom. The SMILES string of the molecule is CC/C=C\C/C=C\C/C=C\C/C=C\C/C=C\C/C=C\CCC(=O)OCC(O)COP(=O)(O)OCC(O)COP(=O)(O)OCC(O)COC(=O)CCCCCCCCCCC/C=C/CCCCCCCC. The van der Waals surface area contributed by atoms with Gasteiger partial charge in [-0.05, 0) is 77.0 Å². The Bertz CT molecular complexity index is 1570. The third kappa shape index (κ3) is 50.2. The van der Waals surface area contributed by atoms with Crippen LogP contribution in [0.5, 0.6) is 0 Å². The first-order chi connectivity index (χ1) is 33.8. The number of esters is 2. The van der Waals surface area contributed by atoms with E-state index in [1.807, 2.05) is 18.2 Å². The van der Waals surface area contributed by atoms with E-state index in [1.54, 1.807) is 0 Å². The topological polar surface area (TPSA) is 225 Å². The molecule has 0 aliphatic heterocycles. The first-order valence-corrected chi connectivity index (χ1v) is 28.9. The van der Waals surface area contributed by atoms with E-state index in [1.165, 1.54) is 83.5 Å². The van der Waals surface area contributed by atoms with Crippen LogP contribution in [0.4, 0.5) is 0 Å². The van der Waals surface area contributed by atoms with Gasteiger partial charge in [-0.15, -0.1) is 0 Å². The Balaban J connectivity index is 3.93. The zero-order valence-electron chi connectivity index (χ0n) is 42.7. The molecular weight excluding hydrogens is 939 g/mol. The molecule has 404 valence electrons. The van der Waals surface area contributed by atoms with Crippen LogP contribution in [0.1, 0.15) is 181 Å². The summed E-state index contributed by atoms with van der Waals surface area (Å²) >= 11 is 0. The summed E-state index contributed by atoms with van der Waals surface area (Å²) in [5.41, 5.74) is 0. The number of hydrogen-bond acceptors (Lipinski definition) is 13. The minimum Gasteiger partial charge on any atom is -0.463 e. The van der Waals surface area contributed by atoms with Gasteiger partial charge in [0.1, 0.15) is 31.5 Å². The molecule has 0 aliphatic carbocycles. The van der Waals surface area contributed by atoms with Gasteiger partial charge in [-0.25, -0.2) is 9.13 Å². The second-order valence-electron chi connectivity index (χ2n) is 17.2. The van der Waals surface area contributed by atoms with Crippen molar-refractivity contribution in [2.24, 2.45) is 0 Å². The summed E-state index contributed by atoms with van der Waals surface area (Å²) in [6.45, 7) is 0.212. The Hall–Kier alpha value is -2.78. The van der Waals surface area contributed by atoms with E-state index in [4.69, 9.17) is 14.0 Å². The second-order valence-corrected chi connectivity index (χ2v) is 20.1. The second kappa shape index (κ2) is 48.5. The van der Waals surface area contributed by atoms with Gasteiger partial charge in [-0.2, -0.15) is 0 Å². The molecule has 0 fully saturated rings. The zero-order chi connectivity index (χ0) is 51.7. The molecule has 0 bridgehead atoms. The molecule has 0 saturated heterocycles. The molecule has 0 aliphatic rings. The molecule has 0 heterocycles. The van der Waals surface area contributed by atoms with E-state index in [0.717, 1.165) is 51.4 Å². The highest BCUT2D eigenvalue weighted by Gasteiger charge is 2.28. The highest BCUT2D eigenvalue weighted by atomic mass is 31.2. The summed E-state index contributed by atoms with van der Waals surface area (Å²) in [6.07, 6.45) is 51.5. The molecule has 0 aromatic rings. The summed E-state index contributed by atoms with van der Waals surface area (Å²) in [4.78, 5) is 43.8. The number of aliphatic hydroxyl groups is 3. The largest absolute Gasteiger partial charge is 0.472 e. The lowest BCUT2D eigenvalue weighted by atomic mass is 10.1. The maximum atomic E-state index is 12.2. The van der Waals surface area contributed by atoms with Crippen molar-refractivity contribution in [1.29, 1.82) is 0 Å². The maximum Gasteiger partial charge on any atom is 0.472 e. The molecule has 5 atom stereocenters. The molecule has 0 aromatic carbocycles. The van der Waals surface area contributed by atoms with Crippen LogP contribution in [-0.4, -0.2) is 95.0 Å². The van der Waals surface area contributed by atoms with Crippen LogP contribution in [0.2, 0.25) is 0 Å². The van der Waals surface area contributed by atoms with Crippen molar-refractivity contribution < 1.29 is 71.4 Å². The number of allylic oxidation sites excluding steroid dienone is 14. The van der Waals surface area contributed by atoms with Crippen molar-refractivity contribution >= 4 is 27.6 Å². The van der Waals surface area contributed by atoms with Crippen LogP contribution in [0.25, 0.3) is 0 Å². The fourth-order valence-electron chi connectivity index (χ4n) is 6.35. The number of rotatable bonds is 49. The number of carbonyl (C=O) groups excluding carboxylic acids is 2. The van der Waals surface area contributed by atoms with E-state index < -0.39 is 85.5 Å². The van der Waals surface area contributed by atoms with Crippen LogP contribution in [0.15, 0.2) is 85.1 Å². The van der Waals surface area contributed by atoms with Crippen LogP contribution in [0, 0.1) is 0 Å². The van der Waals surface area contributed by atoms with Gasteiger partial charge in [0.15, 0.2) is 0 Å². The Morgan fingerprint density at radius 2 is 0.686 bits per heavy atom. The average molecular weight is 1030 g/mol. The molecule has 0 amide bonds. The maximum absolute atomic E-state index is 12.2. The fraction of sp³-hybridized carbons (Fsp3) is 0.698. The number of unbranched alkanes of at least 4 members (excludes halogenated alkanes) is 15. The van der Waals surface area contributed by atoms with Crippen LogP contribution in [0.3, 0.4) is 0 Å². The van der Waals surface area contributed by atoms with Gasteiger partial charge >= 0.3 is 27.6 Å². The lowest BCUT2D eigenvalue weighted by molar-refractivity contribution is -0.148. The molecule has 5 unspecified atom stereocenters. The normalized spacial score (nSPS) is 15.6. The molecule has 0 rings (SSSR count). The molecule has 0 spiro atoms. The number of ether oxygens (including phenoxy) is 2. The zero-order valence-corrected chi connectivity index (χ0v) is 44.4. The van der Waals surface area contributed by atoms with E-state index >= 15 is 0 Å². The molecule has 70 heavy (non-hydrogen) atoms. The van der Waals surface area contributed by atoms with Crippen LogP contribution < -0.4 is 0 Å². The Labute approximate surface area is 421 Å². The van der Waals surface area contributed by atoms with Gasteiger partial charge in [-0.3, -0.25) is 27.7 Å². The first kappa shape index (κ1) is 67.2. The lowest BCUT2D eigenvalue weighted by Crippen LogP contribution is -2.25. The van der Waals surface area contributed by atoms with Crippen molar-refractivity contribution in [3.8, 4) is 0 Å². The summed E-state index contributed by atoms with van der Waals surface area (Å²) in [5.74, 6) is -1.08. The van der Waals surface area contributed by atoms with E-state index in [2.05, 4.69) is 94.3 Å². The van der Waals surface area contributed by atoms with Gasteiger partial charge in [0.2, 0.25) is 0 Å². The average Bonchev–Trinajstić information content (AvgIpc) is 3.34. The quantitative estimate of drug-likeness (QED) is 0.0165. The predicted octanol–water partition coefficient (Wildman–Crippen LogP) is 12.5. The number of phosphoric ester groups is 2.